The molecule has 0 heterocycles. The second kappa shape index (κ2) is 8.75. The van der Waals surface area contributed by atoms with Crippen molar-refractivity contribution in [3.63, 3.8) is 0 Å². The minimum atomic E-state index is 0. The first-order valence-electron chi connectivity index (χ1n) is 3.30. The largest absolute Gasteiger partial charge is 0.422 e. The summed E-state index contributed by atoms with van der Waals surface area (Å²) >= 11 is 0. The highest BCUT2D eigenvalue weighted by Crippen LogP contribution is 1.81. The molecule has 13 heavy (non-hydrogen) atoms. The van der Waals surface area contributed by atoms with Gasteiger partial charge < -0.3 is 15.6 Å². The van der Waals surface area contributed by atoms with Crippen LogP contribution in [0.25, 0.3) is 0 Å². The molecule has 0 bridgehead atoms. The van der Waals surface area contributed by atoms with Crippen molar-refractivity contribution in [3.05, 3.63) is 30.3 Å². The fraction of sp³-hybridized carbons (Fsp3) is 0.125. The van der Waals surface area contributed by atoms with Gasteiger partial charge in [-0.3, -0.25) is 0 Å². The van der Waals surface area contributed by atoms with Crippen LogP contribution in [0.4, 0.5) is 0 Å². The fourth-order valence-electron chi connectivity index (χ4n) is 0.707. The zero-order chi connectivity index (χ0) is 7.94. The van der Waals surface area contributed by atoms with Gasteiger partial charge in [0.1, 0.15) is 6.61 Å². The van der Waals surface area contributed by atoms with Crippen LogP contribution in [-0.4, -0.2) is 25.0 Å². The number of rotatable bonds is 3. The van der Waals surface area contributed by atoms with E-state index in [0.29, 0.717) is 0 Å². The molecule has 0 saturated heterocycles. The minimum Gasteiger partial charge on any atom is -0.422 e. The minimum absolute atomic E-state index is 0. The first kappa shape index (κ1) is 14.2. The zero-order valence-electron chi connectivity index (χ0n) is 7.03. The Hall–Kier alpha value is -1.35. The van der Waals surface area contributed by atoms with E-state index in [1.165, 1.54) is 0 Å². The van der Waals surface area contributed by atoms with Crippen molar-refractivity contribution < 1.29 is 15.6 Å². The summed E-state index contributed by atoms with van der Waals surface area (Å²) in [5.41, 5.74) is 0.975. The van der Waals surface area contributed by atoms with E-state index in [-0.39, 0.29) is 17.6 Å². The number of benzene rings is 1. The summed E-state index contributed by atoms with van der Waals surface area (Å²) in [6, 6.07) is 11.5. The molecule has 0 unspecified atom stereocenters. The smallest absolute Gasteiger partial charge is 0.331 e. The van der Waals surface area contributed by atoms with Gasteiger partial charge in [0.25, 0.3) is 0 Å². The van der Waals surface area contributed by atoms with E-state index < -0.39 is 0 Å². The molecule has 5 heteroatoms. The highest BCUT2D eigenvalue weighted by atomic mass is 16.4. The van der Waals surface area contributed by atoms with E-state index in [2.05, 4.69) is 0 Å². The maximum atomic E-state index is 8.15. The highest BCUT2D eigenvalue weighted by Gasteiger charge is 1.93. The molecule has 0 aliphatic heterocycles. The lowest BCUT2D eigenvalue weighted by Crippen LogP contribution is -2.16. The fourth-order valence-corrected chi connectivity index (χ4v) is 0.707. The van der Waals surface area contributed by atoms with Crippen LogP contribution in [0.5, 0.6) is 0 Å². The van der Waals surface area contributed by atoms with Crippen molar-refractivity contribution in [1.29, 1.82) is 5.26 Å². The summed E-state index contributed by atoms with van der Waals surface area (Å²) in [5.74, 6) is 0. The van der Waals surface area contributed by atoms with E-state index in [1.807, 2.05) is 36.4 Å². The average Bonchev–Trinajstić information content (AvgIpc) is 2.07. The molecule has 1 radical (unpaired) electrons. The third kappa shape index (κ3) is 5.88. The van der Waals surface area contributed by atoms with Gasteiger partial charge in [-0.05, 0) is 0 Å². The van der Waals surface area contributed by atoms with Gasteiger partial charge in [0.05, 0.1) is 6.07 Å². The summed E-state index contributed by atoms with van der Waals surface area (Å²) in [6.07, 6.45) is 0. The van der Waals surface area contributed by atoms with Gasteiger partial charge in [-0.15, -0.1) is 0 Å². The van der Waals surface area contributed by atoms with Crippen LogP contribution in [0.1, 0.15) is 0 Å². The van der Waals surface area contributed by atoms with Crippen LogP contribution >= 0.6 is 0 Å². The van der Waals surface area contributed by atoms with Crippen LogP contribution in [-0.2, 0) is 4.65 Å². The van der Waals surface area contributed by atoms with Gasteiger partial charge >= 0.3 is 7.48 Å². The van der Waals surface area contributed by atoms with Crippen molar-refractivity contribution in [1.82, 2.24) is 0 Å². The Balaban J connectivity index is 0. The molecular weight excluding hydrogens is 169 g/mol. The number of hydrogen-bond donors (Lipinski definition) is 0. The molecule has 0 amide bonds. The SMILES string of the molecule is N#CCO[B]c1ccccc1.O.O. The molecule has 0 aliphatic carbocycles. The average molecular weight is 180 g/mol. The van der Waals surface area contributed by atoms with Crippen LogP contribution < -0.4 is 5.46 Å². The van der Waals surface area contributed by atoms with E-state index in [9.17, 15) is 0 Å². The lowest BCUT2D eigenvalue weighted by molar-refractivity contribution is 0.398. The molecule has 1 aromatic rings. The second-order valence-electron chi connectivity index (χ2n) is 2.00. The molecular formula is C8H11BNO3. The highest BCUT2D eigenvalue weighted by molar-refractivity contribution is 6.46. The van der Waals surface area contributed by atoms with Gasteiger partial charge in [-0.1, -0.05) is 35.8 Å². The summed E-state index contributed by atoms with van der Waals surface area (Å²) < 4.78 is 4.88. The summed E-state index contributed by atoms with van der Waals surface area (Å²) in [7, 11) is 1.57. The summed E-state index contributed by atoms with van der Waals surface area (Å²) in [4.78, 5) is 0. The number of nitriles is 1. The lowest BCUT2D eigenvalue weighted by atomic mass is 9.88. The quantitative estimate of drug-likeness (QED) is 0.432. The standard InChI is InChI=1S/C8H7BNO.2H2O/c10-6-7-11-9-8-4-2-1-3-5-8;;/h1-5H,7H2;2*1H2. The Labute approximate surface area is 77.7 Å². The molecule has 69 valence electrons. The first-order valence-corrected chi connectivity index (χ1v) is 3.30. The third-order valence-corrected chi connectivity index (χ3v) is 1.17. The molecule has 4 nitrogen and oxygen atoms in total. The predicted molar refractivity (Wildman–Crippen MR) is 50.6 cm³/mol. The molecule has 0 aromatic heterocycles. The molecule has 0 spiro atoms. The Kier molecular flexibility index (Phi) is 9.55. The van der Waals surface area contributed by atoms with Crippen molar-refractivity contribution in [2.75, 3.05) is 6.61 Å². The lowest BCUT2D eigenvalue weighted by Gasteiger charge is -1.95. The van der Waals surface area contributed by atoms with Crippen molar-refractivity contribution >= 4 is 12.9 Å². The van der Waals surface area contributed by atoms with E-state index in [4.69, 9.17) is 9.92 Å². The van der Waals surface area contributed by atoms with Crippen LogP contribution in [0.15, 0.2) is 30.3 Å². The Morgan fingerprint density at radius 2 is 1.85 bits per heavy atom. The van der Waals surface area contributed by atoms with E-state index >= 15 is 0 Å². The van der Waals surface area contributed by atoms with Gasteiger partial charge in [0.2, 0.25) is 0 Å². The zero-order valence-corrected chi connectivity index (χ0v) is 7.03. The van der Waals surface area contributed by atoms with Gasteiger partial charge in [0, 0.05) is 0 Å². The monoisotopic (exact) mass is 180 g/mol. The van der Waals surface area contributed by atoms with Gasteiger partial charge in [-0.2, -0.15) is 5.26 Å². The van der Waals surface area contributed by atoms with Crippen molar-refractivity contribution in [2.45, 2.75) is 0 Å². The van der Waals surface area contributed by atoms with Crippen LogP contribution in [0.3, 0.4) is 0 Å². The number of nitrogens with zero attached hydrogens (tertiary/aromatic N) is 1. The van der Waals surface area contributed by atoms with E-state index in [1.54, 1.807) is 7.48 Å². The number of hydrogen-bond acceptors (Lipinski definition) is 2. The van der Waals surface area contributed by atoms with Crippen molar-refractivity contribution in [2.24, 2.45) is 0 Å². The van der Waals surface area contributed by atoms with E-state index in [0.717, 1.165) is 5.46 Å². The Morgan fingerprint density at radius 3 is 2.38 bits per heavy atom. The molecule has 0 fully saturated rings. The maximum absolute atomic E-state index is 8.15. The molecule has 0 saturated carbocycles. The normalized spacial score (nSPS) is 7.31. The molecule has 4 N–H and O–H groups in total. The van der Waals surface area contributed by atoms with Crippen LogP contribution in [0.2, 0.25) is 0 Å². The van der Waals surface area contributed by atoms with Gasteiger partial charge in [0.15, 0.2) is 0 Å². The van der Waals surface area contributed by atoms with Crippen LogP contribution in [0, 0.1) is 11.3 Å². The molecule has 0 atom stereocenters. The topological polar surface area (TPSA) is 96.0 Å². The maximum Gasteiger partial charge on any atom is 0.331 e. The molecule has 1 aromatic carbocycles. The van der Waals surface area contributed by atoms with Gasteiger partial charge in [-0.25, -0.2) is 0 Å². The predicted octanol–water partition coefficient (Wildman–Crippen LogP) is -1.18. The Bertz CT molecular complexity index is 247. The van der Waals surface area contributed by atoms with Crippen molar-refractivity contribution in [3.8, 4) is 6.07 Å². The summed E-state index contributed by atoms with van der Waals surface area (Å²) in [6.45, 7) is 0.106. The summed E-state index contributed by atoms with van der Waals surface area (Å²) in [5, 5.41) is 8.15. The third-order valence-electron chi connectivity index (χ3n) is 1.17. The second-order valence-corrected chi connectivity index (χ2v) is 2.00. The Morgan fingerprint density at radius 1 is 1.23 bits per heavy atom. The molecule has 0 aliphatic rings. The molecule has 1 rings (SSSR count). The first-order chi connectivity index (χ1) is 5.43.